The second kappa shape index (κ2) is 12.3. The maximum atomic E-state index is 13.7. The zero-order valence-corrected chi connectivity index (χ0v) is 22.2. The van der Waals surface area contributed by atoms with Crippen molar-refractivity contribution in [3.63, 3.8) is 0 Å². The molecule has 36 heavy (non-hydrogen) atoms. The molecule has 0 fully saturated rings. The summed E-state index contributed by atoms with van der Waals surface area (Å²) in [6.45, 7) is 1.23. The molecule has 10 heteroatoms. The second-order valence-corrected chi connectivity index (χ2v) is 10.7. The van der Waals surface area contributed by atoms with E-state index in [4.69, 9.17) is 23.2 Å². The van der Waals surface area contributed by atoms with Gasteiger partial charge in [0.05, 0.1) is 15.6 Å². The van der Waals surface area contributed by atoms with Crippen LogP contribution in [0.2, 0.25) is 10.0 Å². The smallest absolute Gasteiger partial charge is 0.264 e. The standard InChI is InChI=1S/C26H27Cl2N3O4S/c1-19(26(33)29-2)30(16-15-20-9-5-3-6-10-20)25(32)18-31(24-17-21(27)13-14-23(24)28)36(34,35)22-11-7-4-8-12-22/h3-14,17,19H,15-16,18H2,1-2H3,(H,29,33). The number of halogens is 2. The summed E-state index contributed by atoms with van der Waals surface area (Å²) in [7, 11) is -2.72. The minimum Gasteiger partial charge on any atom is -0.357 e. The Morgan fingerprint density at radius 1 is 0.944 bits per heavy atom. The number of likely N-dealkylation sites (N-methyl/N-ethyl adjacent to an activating group) is 1. The lowest BCUT2D eigenvalue weighted by Crippen LogP contribution is -2.51. The SMILES string of the molecule is CNC(=O)C(C)N(CCc1ccccc1)C(=O)CN(c1cc(Cl)ccc1Cl)S(=O)(=O)c1ccccc1. The summed E-state index contributed by atoms with van der Waals surface area (Å²) in [6, 6.07) is 20.8. The molecular formula is C26H27Cl2N3O4S. The van der Waals surface area contributed by atoms with Crippen molar-refractivity contribution in [2.24, 2.45) is 0 Å². The van der Waals surface area contributed by atoms with E-state index < -0.39 is 28.5 Å². The van der Waals surface area contributed by atoms with Crippen molar-refractivity contribution in [3.05, 3.63) is 94.5 Å². The van der Waals surface area contributed by atoms with Gasteiger partial charge in [-0.2, -0.15) is 0 Å². The van der Waals surface area contributed by atoms with Crippen LogP contribution in [-0.2, 0) is 26.0 Å². The predicted octanol–water partition coefficient (Wildman–Crippen LogP) is 4.39. The Morgan fingerprint density at radius 2 is 1.56 bits per heavy atom. The van der Waals surface area contributed by atoms with Crippen LogP contribution in [0.25, 0.3) is 0 Å². The summed E-state index contributed by atoms with van der Waals surface area (Å²) < 4.78 is 28.3. The summed E-state index contributed by atoms with van der Waals surface area (Å²) in [5, 5.41) is 2.92. The summed E-state index contributed by atoms with van der Waals surface area (Å²) in [5.74, 6) is -0.924. The third kappa shape index (κ3) is 6.57. The molecule has 1 N–H and O–H groups in total. The number of benzene rings is 3. The van der Waals surface area contributed by atoms with Gasteiger partial charge in [0.1, 0.15) is 12.6 Å². The third-order valence-corrected chi connectivity index (χ3v) is 8.01. The highest BCUT2D eigenvalue weighted by Crippen LogP contribution is 2.33. The molecule has 7 nitrogen and oxygen atoms in total. The van der Waals surface area contributed by atoms with Gasteiger partial charge in [-0.3, -0.25) is 13.9 Å². The van der Waals surface area contributed by atoms with Crippen LogP contribution in [0.5, 0.6) is 0 Å². The van der Waals surface area contributed by atoms with E-state index in [9.17, 15) is 18.0 Å². The number of sulfonamides is 1. The summed E-state index contributed by atoms with van der Waals surface area (Å²) in [5.41, 5.74) is 1.04. The molecule has 0 spiro atoms. The van der Waals surface area contributed by atoms with Gasteiger partial charge in [-0.1, -0.05) is 71.7 Å². The maximum absolute atomic E-state index is 13.7. The van der Waals surface area contributed by atoms with E-state index in [-0.39, 0.29) is 33.1 Å². The number of nitrogens with one attached hydrogen (secondary N) is 1. The highest BCUT2D eigenvalue weighted by Gasteiger charge is 2.33. The molecule has 0 aliphatic heterocycles. The number of rotatable bonds is 10. The Labute approximate surface area is 221 Å². The summed E-state index contributed by atoms with van der Waals surface area (Å²) >= 11 is 12.5. The lowest BCUT2D eigenvalue weighted by Gasteiger charge is -2.32. The van der Waals surface area contributed by atoms with Crippen molar-refractivity contribution in [2.75, 3.05) is 24.4 Å². The first-order chi connectivity index (χ1) is 17.1. The molecule has 3 aromatic carbocycles. The van der Waals surface area contributed by atoms with Crippen molar-refractivity contribution in [3.8, 4) is 0 Å². The fourth-order valence-corrected chi connectivity index (χ4v) is 5.57. The highest BCUT2D eigenvalue weighted by atomic mass is 35.5. The molecule has 0 saturated heterocycles. The van der Waals surface area contributed by atoms with E-state index in [1.807, 2.05) is 30.3 Å². The molecule has 1 unspecified atom stereocenters. The Bertz CT molecular complexity index is 1310. The van der Waals surface area contributed by atoms with E-state index in [0.717, 1.165) is 9.87 Å². The van der Waals surface area contributed by atoms with Gasteiger partial charge in [-0.25, -0.2) is 8.42 Å². The van der Waals surface area contributed by atoms with Crippen LogP contribution in [0, 0.1) is 0 Å². The van der Waals surface area contributed by atoms with Crippen LogP contribution in [0.3, 0.4) is 0 Å². The summed E-state index contributed by atoms with van der Waals surface area (Å²) in [4.78, 5) is 27.5. The van der Waals surface area contributed by atoms with Crippen LogP contribution < -0.4 is 9.62 Å². The highest BCUT2D eigenvalue weighted by molar-refractivity contribution is 7.92. The van der Waals surface area contributed by atoms with Crippen molar-refractivity contribution >= 4 is 50.7 Å². The van der Waals surface area contributed by atoms with Gasteiger partial charge in [-0.15, -0.1) is 0 Å². The Balaban J connectivity index is 2.00. The lowest BCUT2D eigenvalue weighted by molar-refractivity contribution is -0.138. The molecule has 190 valence electrons. The molecular weight excluding hydrogens is 521 g/mol. The molecule has 0 aliphatic carbocycles. The van der Waals surface area contributed by atoms with Crippen LogP contribution in [0.4, 0.5) is 5.69 Å². The number of carbonyl (C=O) groups excluding carboxylic acids is 2. The number of nitrogens with zero attached hydrogens (tertiary/aromatic N) is 2. The normalized spacial score (nSPS) is 12.0. The molecule has 1 atom stereocenters. The predicted molar refractivity (Wildman–Crippen MR) is 143 cm³/mol. The largest absolute Gasteiger partial charge is 0.357 e. The first kappa shape index (κ1) is 27.5. The van der Waals surface area contributed by atoms with Gasteiger partial charge >= 0.3 is 0 Å². The molecule has 0 aliphatic rings. The number of hydrogen-bond donors (Lipinski definition) is 1. The quantitative estimate of drug-likeness (QED) is 0.407. The first-order valence-electron chi connectivity index (χ1n) is 11.2. The van der Waals surface area contributed by atoms with Crippen molar-refractivity contribution in [2.45, 2.75) is 24.3 Å². The van der Waals surface area contributed by atoms with E-state index in [0.29, 0.717) is 6.42 Å². The van der Waals surface area contributed by atoms with E-state index in [1.54, 1.807) is 25.1 Å². The van der Waals surface area contributed by atoms with Gasteiger partial charge in [0.25, 0.3) is 10.0 Å². The molecule has 3 aromatic rings. The Morgan fingerprint density at radius 3 is 2.17 bits per heavy atom. The first-order valence-corrected chi connectivity index (χ1v) is 13.4. The van der Waals surface area contributed by atoms with Crippen LogP contribution >= 0.6 is 23.2 Å². The Hall–Kier alpha value is -3.07. The zero-order valence-electron chi connectivity index (χ0n) is 19.9. The van der Waals surface area contributed by atoms with Gasteiger partial charge in [0, 0.05) is 18.6 Å². The topological polar surface area (TPSA) is 86.8 Å². The van der Waals surface area contributed by atoms with Crippen molar-refractivity contribution < 1.29 is 18.0 Å². The van der Waals surface area contributed by atoms with Gasteiger partial charge in [0.2, 0.25) is 11.8 Å². The van der Waals surface area contributed by atoms with Crippen LogP contribution in [-0.4, -0.2) is 51.3 Å². The van der Waals surface area contributed by atoms with Crippen molar-refractivity contribution in [1.29, 1.82) is 0 Å². The molecule has 0 saturated carbocycles. The molecule has 0 aromatic heterocycles. The number of anilines is 1. The van der Waals surface area contributed by atoms with Crippen LogP contribution in [0.15, 0.2) is 83.8 Å². The molecule has 0 heterocycles. The molecule has 2 amide bonds. The molecule has 3 rings (SSSR count). The minimum absolute atomic E-state index is 0.0102. The van der Waals surface area contributed by atoms with Gasteiger partial charge in [0.15, 0.2) is 0 Å². The average Bonchev–Trinajstić information content (AvgIpc) is 2.89. The van der Waals surface area contributed by atoms with Gasteiger partial charge < -0.3 is 10.2 Å². The lowest BCUT2D eigenvalue weighted by atomic mass is 10.1. The maximum Gasteiger partial charge on any atom is 0.264 e. The summed E-state index contributed by atoms with van der Waals surface area (Å²) in [6.07, 6.45) is 0.483. The van der Waals surface area contributed by atoms with Crippen molar-refractivity contribution in [1.82, 2.24) is 10.2 Å². The van der Waals surface area contributed by atoms with E-state index in [2.05, 4.69) is 5.32 Å². The molecule has 0 radical (unpaired) electrons. The number of hydrogen-bond acceptors (Lipinski definition) is 4. The fraction of sp³-hybridized carbons (Fsp3) is 0.231. The minimum atomic E-state index is -4.20. The second-order valence-electron chi connectivity index (χ2n) is 8.03. The fourth-order valence-electron chi connectivity index (χ4n) is 3.69. The van der Waals surface area contributed by atoms with E-state index in [1.165, 1.54) is 42.3 Å². The third-order valence-electron chi connectivity index (χ3n) is 5.68. The van der Waals surface area contributed by atoms with Crippen LogP contribution in [0.1, 0.15) is 12.5 Å². The number of amides is 2. The average molecular weight is 548 g/mol. The van der Waals surface area contributed by atoms with Gasteiger partial charge in [-0.05, 0) is 49.2 Å². The monoisotopic (exact) mass is 547 g/mol. The number of carbonyl (C=O) groups is 2. The zero-order chi connectivity index (χ0) is 26.3. The Kier molecular flexibility index (Phi) is 9.37. The molecule has 0 bridgehead atoms. The van der Waals surface area contributed by atoms with E-state index >= 15 is 0 Å².